The van der Waals surface area contributed by atoms with Crippen LogP contribution in [-0.2, 0) is 14.8 Å². The molecule has 0 saturated carbocycles. The SMILES string of the molecule is CCNS(=O)(=O)c1ccccc1NCCC(N)COC. The van der Waals surface area contributed by atoms with E-state index in [0.29, 0.717) is 31.8 Å². The largest absolute Gasteiger partial charge is 0.384 e. The van der Waals surface area contributed by atoms with E-state index >= 15 is 0 Å². The summed E-state index contributed by atoms with van der Waals surface area (Å²) in [5.41, 5.74) is 6.41. The molecular formula is C13H23N3O3S. The van der Waals surface area contributed by atoms with Gasteiger partial charge >= 0.3 is 0 Å². The van der Waals surface area contributed by atoms with Crippen LogP contribution in [0.5, 0.6) is 0 Å². The molecule has 0 aromatic heterocycles. The number of anilines is 1. The lowest BCUT2D eigenvalue weighted by atomic mass is 10.2. The molecule has 7 heteroatoms. The molecule has 0 spiro atoms. The number of nitrogens with two attached hydrogens (primary N) is 1. The second-order valence-corrected chi connectivity index (χ2v) is 6.16. The molecule has 0 aliphatic rings. The number of ether oxygens (including phenoxy) is 1. The Morgan fingerprint density at radius 2 is 2.05 bits per heavy atom. The third-order valence-corrected chi connectivity index (χ3v) is 4.33. The van der Waals surface area contributed by atoms with Crippen LogP contribution in [-0.4, -0.2) is 41.3 Å². The van der Waals surface area contributed by atoms with Crippen molar-refractivity contribution in [1.82, 2.24) is 4.72 Å². The van der Waals surface area contributed by atoms with Crippen LogP contribution in [0.25, 0.3) is 0 Å². The molecule has 1 rings (SSSR count). The zero-order valence-corrected chi connectivity index (χ0v) is 12.7. The summed E-state index contributed by atoms with van der Waals surface area (Å²) in [4.78, 5) is 0.252. The highest BCUT2D eigenvalue weighted by molar-refractivity contribution is 7.89. The maximum absolute atomic E-state index is 12.1. The van der Waals surface area contributed by atoms with E-state index in [2.05, 4.69) is 10.0 Å². The van der Waals surface area contributed by atoms with Crippen LogP contribution >= 0.6 is 0 Å². The minimum absolute atomic E-state index is 0.0648. The quantitative estimate of drug-likeness (QED) is 0.626. The van der Waals surface area contributed by atoms with E-state index in [1.54, 1.807) is 38.3 Å². The third kappa shape index (κ3) is 5.09. The highest BCUT2D eigenvalue weighted by Crippen LogP contribution is 2.20. The maximum atomic E-state index is 12.1. The minimum Gasteiger partial charge on any atom is -0.384 e. The van der Waals surface area contributed by atoms with Crippen LogP contribution < -0.4 is 15.8 Å². The highest BCUT2D eigenvalue weighted by Gasteiger charge is 2.16. The number of methoxy groups -OCH3 is 1. The number of sulfonamides is 1. The van der Waals surface area contributed by atoms with Gasteiger partial charge in [-0.05, 0) is 18.6 Å². The topological polar surface area (TPSA) is 93.5 Å². The fourth-order valence-corrected chi connectivity index (χ4v) is 3.03. The van der Waals surface area contributed by atoms with Crippen molar-refractivity contribution in [1.29, 1.82) is 0 Å². The van der Waals surface area contributed by atoms with Gasteiger partial charge in [0.15, 0.2) is 0 Å². The molecule has 0 bridgehead atoms. The maximum Gasteiger partial charge on any atom is 0.242 e. The predicted octanol–water partition coefficient (Wildman–Crippen LogP) is 0.761. The first-order chi connectivity index (χ1) is 9.51. The van der Waals surface area contributed by atoms with Gasteiger partial charge in [-0.3, -0.25) is 0 Å². The Bertz CT molecular complexity index is 505. The minimum atomic E-state index is -3.47. The number of nitrogens with one attached hydrogen (secondary N) is 2. The van der Waals surface area contributed by atoms with Gasteiger partial charge in [0.2, 0.25) is 10.0 Å². The fourth-order valence-electron chi connectivity index (χ4n) is 1.80. The summed E-state index contributed by atoms with van der Waals surface area (Å²) in [5, 5.41) is 3.11. The van der Waals surface area contributed by atoms with Crippen molar-refractivity contribution in [2.45, 2.75) is 24.3 Å². The van der Waals surface area contributed by atoms with E-state index in [4.69, 9.17) is 10.5 Å². The standard InChI is InChI=1S/C13H23N3O3S/c1-3-16-20(17,18)13-7-5-4-6-12(13)15-9-8-11(14)10-19-2/h4-7,11,15-16H,3,8-10,14H2,1-2H3. The molecule has 1 aromatic rings. The van der Waals surface area contributed by atoms with Gasteiger partial charge < -0.3 is 15.8 Å². The van der Waals surface area contributed by atoms with Crippen molar-refractivity contribution < 1.29 is 13.2 Å². The van der Waals surface area contributed by atoms with Crippen LogP contribution in [0.2, 0.25) is 0 Å². The lowest BCUT2D eigenvalue weighted by Crippen LogP contribution is -2.28. The van der Waals surface area contributed by atoms with Crippen molar-refractivity contribution in [3.8, 4) is 0 Å². The summed E-state index contributed by atoms with van der Waals surface area (Å²) in [6.07, 6.45) is 0.698. The van der Waals surface area contributed by atoms with Gasteiger partial charge in [-0.2, -0.15) is 0 Å². The molecule has 0 heterocycles. The van der Waals surface area contributed by atoms with Crippen LogP contribution in [0.15, 0.2) is 29.2 Å². The first-order valence-corrected chi connectivity index (χ1v) is 8.06. The molecule has 0 fully saturated rings. The average Bonchev–Trinajstić information content (AvgIpc) is 2.39. The molecule has 0 aliphatic heterocycles. The molecule has 0 amide bonds. The molecule has 4 N–H and O–H groups in total. The first kappa shape index (κ1) is 16.9. The molecule has 0 saturated heterocycles. The third-order valence-electron chi connectivity index (χ3n) is 2.72. The summed E-state index contributed by atoms with van der Waals surface area (Å²) >= 11 is 0. The number of hydrogen-bond acceptors (Lipinski definition) is 5. The first-order valence-electron chi connectivity index (χ1n) is 6.58. The zero-order valence-electron chi connectivity index (χ0n) is 11.9. The van der Waals surface area contributed by atoms with Crippen molar-refractivity contribution in [3.05, 3.63) is 24.3 Å². The number of para-hydroxylation sites is 1. The van der Waals surface area contributed by atoms with Crippen molar-refractivity contribution in [2.24, 2.45) is 5.73 Å². The lowest BCUT2D eigenvalue weighted by Gasteiger charge is -2.14. The van der Waals surface area contributed by atoms with E-state index in [-0.39, 0.29) is 10.9 Å². The van der Waals surface area contributed by atoms with Gasteiger partial charge in [-0.15, -0.1) is 0 Å². The number of hydrogen-bond donors (Lipinski definition) is 3. The number of benzene rings is 1. The Morgan fingerprint density at radius 3 is 2.70 bits per heavy atom. The van der Waals surface area contributed by atoms with Gasteiger partial charge in [0.25, 0.3) is 0 Å². The Hall–Kier alpha value is -1.15. The van der Waals surface area contributed by atoms with Crippen molar-refractivity contribution in [3.63, 3.8) is 0 Å². The molecule has 114 valence electrons. The Balaban J connectivity index is 2.72. The van der Waals surface area contributed by atoms with Gasteiger partial charge in [0, 0.05) is 26.2 Å². The average molecular weight is 301 g/mol. The van der Waals surface area contributed by atoms with Gasteiger partial charge in [0.1, 0.15) is 4.90 Å². The summed E-state index contributed by atoms with van der Waals surface area (Å²) < 4.78 is 31.6. The van der Waals surface area contributed by atoms with Crippen molar-refractivity contribution in [2.75, 3.05) is 32.1 Å². The monoisotopic (exact) mass is 301 g/mol. The summed E-state index contributed by atoms with van der Waals surface area (Å²) in [7, 11) is -1.87. The highest BCUT2D eigenvalue weighted by atomic mass is 32.2. The van der Waals surface area contributed by atoms with Crippen LogP contribution in [0, 0.1) is 0 Å². The van der Waals surface area contributed by atoms with Crippen LogP contribution in [0.1, 0.15) is 13.3 Å². The lowest BCUT2D eigenvalue weighted by molar-refractivity contribution is 0.178. The van der Waals surface area contributed by atoms with E-state index in [1.807, 2.05) is 0 Å². The van der Waals surface area contributed by atoms with E-state index in [9.17, 15) is 8.42 Å². The van der Waals surface area contributed by atoms with Gasteiger partial charge in [0.05, 0.1) is 12.3 Å². The van der Waals surface area contributed by atoms with Crippen LogP contribution in [0.4, 0.5) is 5.69 Å². The Morgan fingerprint density at radius 1 is 1.35 bits per heavy atom. The summed E-state index contributed by atoms with van der Waals surface area (Å²) in [6, 6.07) is 6.75. The van der Waals surface area contributed by atoms with Gasteiger partial charge in [-0.25, -0.2) is 13.1 Å². The molecular weight excluding hydrogens is 278 g/mol. The van der Waals surface area contributed by atoms with Crippen LogP contribution in [0.3, 0.4) is 0 Å². The second-order valence-electron chi connectivity index (χ2n) is 4.43. The molecule has 1 unspecified atom stereocenters. The normalized spacial score (nSPS) is 13.2. The Kier molecular flexibility index (Phi) is 6.94. The van der Waals surface area contributed by atoms with Crippen molar-refractivity contribution >= 4 is 15.7 Å². The molecule has 6 nitrogen and oxygen atoms in total. The number of rotatable bonds is 9. The molecule has 1 aromatic carbocycles. The van der Waals surface area contributed by atoms with E-state index < -0.39 is 10.0 Å². The second kappa shape index (κ2) is 8.21. The molecule has 1 atom stereocenters. The smallest absolute Gasteiger partial charge is 0.242 e. The molecule has 0 aliphatic carbocycles. The molecule has 20 heavy (non-hydrogen) atoms. The molecule has 0 radical (unpaired) electrons. The zero-order chi connectivity index (χ0) is 15.0. The fraction of sp³-hybridized carbons (Fsp3) is 0.538. The van der Waals surface area contributed by atoms with Gasteiger partial charge in [-0.1, -0.05) is 19.1 Å². The van der Waals surface area contributed by atoms with E-state index in [0.717, 1.165) is 0 Å². The van der Waals surface area contributed by atoms with E-state index in [1.165, 1.54) is 0 Å². The Labute approximate surface area is 120 Å². The summed E-state index contributed by atoms with van der Waals surface area (Å²) in [6.45, 7) is 3.18. The predicted molar refractivity (Wildman–Crippen MR) is 80.3 cm³/mol. The summed E-state index contributed by atoms with van der Waals surface area (Å²) in [5.74, 6) is 0.